The van der Waals surface area contributed by atoms with Crippen molar-refractivity contribution in [2.75, 3.05) is 0 Å². The van der Waals surface area contributed by atoms with Crippen molar-refractivity contribution in [2.24, 2.45) is 10.7 Å². The van der Waals surface area contributed by atoms with Crippen LogP contribution >= 0.6 is 11.8 Å². The number of hydrogen-bond acceptors (Lipinski definition) is 3. The van der Waals surface area contributed by atoms with Crippen molar-refractivity contribution >= 4 is 51.1 Å². The van der Waals surface area contributed by atoms with E-state index < -0.39 is 5.91 Å². The lowest BCUT2D eigenvalue weighted by atomic mass is 9.86. The van der Waals surface area contributed by atoms with Crippen LogP contribution in [0.3, 0.4) is 0 Å². The van der Waals surface area contributed by atoms with Crippen LogP contribution in [0.4, 0.5) is 5.69 Å². The number of fused-ring (bicyclic) bond motifs is 6. The van der Waals surface area contributed by atoms with Gasteiger partial charge in [-0.05, 0) is 88.0 Å². The predicted octanol–water partition coefficient (Wildman–Crippen LogP) is 6.98. The lowest BCUT2D eigenvalue weighted by molar-refractivity contribution is 0.1000. The summed E-state index contributed by atoms with van der Waals surface area (Å²) in [5, 5.41) is 7.59. The summed E-state index contributed by atoms with van der Waals surface area (Å²) in [6, 6.07) is 23.2. The summed E-state index contributed by atoms with van der Waals surface area (Å²) in [5.74, 6) is -0.426. The Morgan fingerprint density at radius 1 is 0.875 bits per heavy atom. The van der Waals surface area contributed by atoms with Gasteiger partial charge in [-0.1, -0.05) is 60.3 Å². The number of thioether (sulfide) groups is 1. The maximum Gasteiger partial charge on any atom is 0.248 e. The number of rotatable bonds is 1. The average Bonchev–Trinajstić information content (AvgIpc) is 3.09. The number of benzene rings is 4. The fourth-order valence-electron chi connectivity index (χ4n) is 4.48. The Morgan fingerprint density at radius 3 is 2.62 bits per heavy atom. The van der Waals surface area contributed by atoms with Crippen LogP contribution in [0, 0.1) is 0 Å². The first-order chi connectivity index (χ1) is 15.7. The van der Waals surface area contributed by atoms with E-state index in [4.69, 9.17) is 5.73 Å². The van der Waals surface area contributed by atoms with E-state index in [1.165, 1.54) is 47.2 Å². The minimum atomic E-state index is -0.426. The third kappa shape index (κ3) is 4.06. The fraction of sp³-hybridized carbons (Fsp3) is 0.143. The molecule has 1 aliphatic carbocycles. The average molecular weight is 437 g/mol. The second-order valence-electron chi connectivity index (χ2n) is 8.06. The normalized spacial score (nSPS) is 14.2. The highest BCUT2D eigenvalue weighted by molar-refractivity contribution is 8.02. The molecule has 0 spiro atoms. The Hall–Kier alpha value is -3.37. The molecule has 4 aromatic carbocycles. The number of carbonyl (C=O) groups excluding carboxylic acids is 1. The van der Waals surface area contributed by atoms with Gasteiger partial charge < -0.3 is 5.73 Å². The second kappa shape index (κ2) is 9.01. The summed E-state index contributed by atoms with van der Waals surface area (Å²) in [7, 11) is 0. The van der Waals surface area contributed by atoms with Gasteiger partial charge in [0.05, 0.1) is 5.69 Å². The molecular weight excluding hydrogens is 412 g/mol. The molecule has 1 heterocycles. The van der Waals surface area contributed by atoms with Gasteiger partial charge in [0.1, 0.15) is 0 Å². The van der Waals surface area contributed by atoms with Crippen LogP contribution in [0.5, 0.6) is 0 Å². The molecule has 6 rings (SSSR count). The first-order valence-electron chi connectivity index (χ1n) is 10.9. The number of hydrogen-bond donors (Lipinski definition) is 1. The molecule has 0 unspecified atom stereocenters. The highest BCUT2D eigenvalue weighted by Gasteiger charge is 2.13. The van der Waals surface area contributed by atoms with E-state index in [-0.39, 0.29) is 0 Å². The topological polar surface area (TPSA) is 55.5 Å². The molecule has 1 aliphatic heterocycles. The minimum absolute atomic E-state index is 0.426. The van der Waals surface area contributed by atoms with Crippen LogP contribution in [-0.2, 0) is 12.8 Å². The molecule has 0 aromatic heterocycles. The van der Waals surface area contributed by atoms with E-state index in [2.05, 4.69) is 53.5 Å². The van der Waals surface area contributed by atoms with E-state index in [1.807, 2.05) is 17.6 Å². The molecule has 32 heavy (non-hydrogen) atoms. The predicted molar refractivity (Wildman–Crippen MR) is 136 cm³/mol. The van der Waals surface area contributed by atoms with Gasteiger partial charge >= 0.3 is 0 Å². The van der Waals surface area contributed by atoms with E-state index in [9.17, 15) is 4.79 Å². The van der Waals surface area contributed by atoms with Gasteiger partial charge in [0, 0.05) is 16.7 Å². The number of nitrogens with zero attached hydrogens (tertiary/aromatic N) is 1. The van der Waals surface area contributed by atoms with Crippen LogP contribution in [0.15, 0.2) is 88.1 Å². The summed E-state index contributed by atoms with van der Waals surface area (Å²) < 4.78 is 0. The largest absolute Gasteiger partial charge is 0.366 e. The summed E-state index contributed by atoms with van der Waals surface area (Å²) in [6.45, 7) is 0. The number of nitrogens with two attached hydrogens (primary N) is 1. The lowest BCUT2D eigenvalue weighted by Gasteiger charge is -2.18. The molecule has 158 valence electrons. The van der Waals surface area contributed by atoms with Crippen molar-refractivity contribution in [3.05, 3.63) is 94.9 Å². The molecule has 0 radical (unpaired) electrons. The summed E-state index contributed by atoms with van der Waals surface area (Å²) in [4.78, 5) is 16.1. The zero-order chi connectivity index (χ0) is 21.9. The SMILES string of the molecule is NC(=O)c1ccc2c(c1)N=CC=CS2.c1ccc2c(c1)ccc1c3c(ccc12)CCCC3. The summed E-state index contributed by atoms with van der Waals surface area (Å²) >= 11 is 1.57. The molecule has 2 aliphatic rings. The lowest BCUT2D eigenvalue weighted by Crippen LogP contribution is -2.10. The molecule has 0 saturated heterocycles. The molecule has 0 saturated carbocycles. The first-order valence-corrected chi connectivity index (χ1v) is 11.8. The zero-order valence-corrected chi connectivity index (χ0v) is 18.6. The number of carbonyl (C=O) groups is 1. The van der Waals surface area contributed by atoms with Gasteiger partial charge in [-0.15, -0.1) is 0 Å². The quantitative estimate of drug-likeness (QED) is 0.327. The van der Waals surface area contributed by atoms with Crippen LogP contribution in [-0.4, -0.2) is 12.1 Å². The Bertz CT molecular complexity index is 1390. The van der Waals surface area contributed by atoms with Crippen molar-refractivity contribution in [1.29, 1.82) is 0 Å². The number of allylic oxidation sites excluding steroid dienone is 1. The van der Waals surface area contributed by atoms with Gasteiger partial charge in [-0.2, -0.15) is 0 Å². The van der Waals surface area contributed by atoms with E-state index in [0.29, 0.717) is 5.56 Å². The third-order valence-corrected chi connectivity index (χ3v) is 6.97. The Labute approximate surface area is 192 Å². The minimum Gasteiger partial charge on any atom is -0.366 e. The number of amides is 1. The smallest absolute Gasteiger partial charge is 0.248 e. The maximum absolute atomic E-state index is 10.9. The van der Waals surface area contributed by atoms with E-state index >= 15 is 0 Å². The summed E-state index contributed by atoms with van der Waals surface area (Å²) in [5.41, 5.74) is 9.62. The fourth-order valence-corrected chi connectivity index (χ4v) is 5.16. The molecule has 4 heteroatoms. The third-order valence-electron chi connectivity index (χ3n) is 6.07. The molecule has 3 nitrogen and oxygen atoms in total. The van der Waals surface area contributed by atoms with Gasteiger partial charge in [0.25, 0.3) is 0 Å². The van der Waals surface area contributed by atoms with Crippen LogP contribution in [0.2, 0.25) is 0 Å². The standard InChI is InChI=1S/C18H16.C10H8N2OS/c1-3-7-15-13(5-1)9-11-18-16-8-4-2-6-14(16)10-12-17(15)18;11-10(13)7-2-3-9-8(6-7)12-4-1-5-14-9/h1,3,5,7,9-12H,2,4,6,8H2;1-6H,(H2,11,13). The molecule has 4 aromatic rings. The first kappa shape index (κ1) is 20.5. The Morgan fingerprint density at radius 2 is 1.72 bits per heavy atom. The van der Waals surface area contributed by atoms with Crippen molar-refractivity contribution in [2.45, 2.75) is 30.6 Å². The van der Waals surface area contributed by atoms with Crippen molar-refractivity contribution < 1.29 is 4.79 Å². The summed E-state index contributed by atoms with van der Waals surface area (Å²) in [6.07, 6.45) is 8.77. The molecule has 0 atom stereocenters. The van der Waals surface area contributed by atoms with Gasteiger partial charge in [0.2, 0.25) is 5.91 Å². The molecular formula is C28H24N2OS. The maximum atomic E-state index is 10.9. The highest BCUT2D eigenvalue weighted by atomic mass is 32.2. The molecule has 0 bridgehead atoms. The monoisotopic (exact) mass is 436 g/mol. The zero-order valence-electron chi connectivity index (χ0n) is 17.8. The van der Waals surface area contributed by atoms with E-state index in [1.54, 1.807) is 41.2 Å². The van der Waals surface area contributed by atoms with Crippen LogP contribution < -0.4 is 5.73 Å². The van der Waals surface area contributed by atoms with Gasteiger partial charge in [-0.3, -0.25) is 9.79 Å². The van der Waals surface area contributed by atoms with Crippen LogP contribution in [0.25, 0.3) is 21.5 Å². The Kier molecular flexibility index (Phi) is 5.78. The Balaban J connectivity index is 0.000000140. The number of aryl methyl sites for hydroxylation is 2. The number of aliphatic imine (C=N–C) groups is 1. The second-order valence-corrected chi connectivity index (χ2v) is 9.01. The van der Waals surface area contributed by atoms with Crippen molar-refractivity contribution in [3.8, 4) is 0 Å². The van der Waals surface area contributed by atoms with Crippen molar-refractivity contribution in [3.63, 3.8) is 0 Å². The number of primary amides is 1. The van der Waals surface area contributed by atoms with Crippen molar-refractivity contribution in [1.82, 2.24) is 0 Å². The molecule has 0 fully saturated rings. The molecule has 2 N–H and O–H groups in total. The van der Waals surface area contributed by atoms with E-state index in [0.717, 1.165) is 10.6 Å². The highest BCUT2D eigenvalue weighted by Crippen LogP contribution is 2.33. The molecule has 1 amide bonds. The van der Waals surface area contributed by atoms with Gasteiger partial charge in [-0.25, -0.2) is 0 Å². The van der Waals surface area contributed by atoms with Crippen LogP contribution in [0.1, 0.15) is 34.3 Å². The van der Waals surface area contributed by atoms with Gasteiger partial charge in [0.15, 0.2) is 0 Å².